The molecule has 0 aromatic rings. The number of esters is 1. The van der Waals surface area contributed by atoms with E-state index in [-0.39, 0.29) is 12.1 Å². The monoisotopic (exact) mass is 244 g/mol. The van der Waals surface area contributed by atoms with Crippen LogP contribution in [0.25, 0.3) is 0 Å². The molecule has 1 saturated heterocycles. The van der Waals surface area contributed by atoms with E-state index in [9.17, 15) is 4.79 Å². The molecular formula is C12H24N2O3. The van der Waals surface area contributed by atoms with Crippen molar-refractivity contribution in [2.75, 3.05) is 53.0 Å². The van der Waals surface area contributed by atoms with E-state index < -0.39 is 0 Å². The Labute approximate surface area is 104 Å². The van der Waals surface area contributed by atoms with Crippen LogP contribution in [0.1, 0.15) is 13.8 Å². The molecule has 1 rings (SSSR count). The Morgan fingerprint density at radius 2 is 2.29 bits per heavy atom. The van der Waals surface area contributed by atoms with Crippen LogP contribution in [-0.2, 0) is 14.3 Å². The summed E-state index contributed by atoms with van der Waals surface area (Å²) in [5.74, 6) is -0.154. The quantitative estimate of drug-likeness (QED) is 0.625. The van der Waals surface area contributed by atoms with Gasteiger partial charge in [0.2, 0.25) is 0 Å². The summed E-state index contributed by atoms with van der Waals surface area (Å²) >= 11 is 0. The number of ether oxygens (including phenoxy) is 2. The molecule has 1 aliphatic rings. The van der Waals surface area contributed by atoms with Gasteiger partial charge in [-0.2, -0.15) is 0 Å². The van der Waals surface area contributed by atoms with Gasteiger partial charge in [0.15, 0.2) is 0 Å². The van der Waals surface area contributed by atoms with Crippen molar-refractivity contribution in [3.63, 3.8) is 0 Å². The van der Waals surface area contributed by atoms with Crippen LogP contribution in [0.4, 0.5) is 0 Å². The molecule has 17 heavy (non-hydrogen) atoms. The summed E-state index contributed by atoms with van der Waals surface area (Å²) in [7, 11) is 2.09. The van der Waals surface area contributed by atoms with Crippen molar-refractivity contribution in [2.24, 2.45) is 0 Å². The maximum absolute atomic E-state index is 11.4. The summed E-state index contributed by atoms with van der Waals surface area (Å²) in [4.78, 5) is 15.7. The van der Waals surface area contributed by atoms with Crippen LogP contribution in [0.2, 0.25) is 0 Å². The zero-order chi connectivity index (χ0) is 12.7. The van der Waals surface area contributed by atoms with Gasteiger partial charge in [0.05, 0.1) is 25.9 Å². The molecule has 1 aliphatic heterocycles. The molecule has 0 aromatic heterocycles. The molecule has 5 heteroatoms. The van der Waals surface area contributed by atoms with Crippen LogP contribution in [0, 0.1) is 0 Å². The van der Waals surface area contributed by atoms with Crippen molar-refractivity contribution >= 4 is 5.97 Å². The van der Waals surface area contributed by atoms with Crippen LogP contribution < -0.4 is 0 Å². The first-order chi connectivity index (χ1) is 8.15. The van der Waals surface area contributed by atoms with Gasteiger partial charge in [-0.05, 0) is 20.5 Å². The van der Waals surface area contributed by atoms with Crippen LogP contribution in [-0.4, -0.2) is 74.9 Å². The summed E-state index contributed by atoms with van der Waals surface area (Å²) in [5, 5.41) is 0. The van der Waals surface area contributed by atoms with Crippen LogP contribution >= 0.6 is 0 Å². The third kappa shape index (κ3) is 5.48. The lowest BCUT2D eigenvalue weighted by Gasteiger charge is -2.33. The minimum atomic E-state index is -0.154. The Balaban J connectivity index is 2.32. The number of morpholine rings is 1. The third-order valence-electron chi connectivity index (χ3n) is 2.91. The van der Waals surface area contributed by atoms with Crippen molar-refractivity contribution in [3.05, 3.63) is 0 Å². The highest BCUT2D eigenvalue weighted by Crippen LogP contribution is 2.05. The second-order valence-electron chi connectivity index (χ2n) is 4.39. The lowest BCUT2D eigenvalue weighted by Crippen LogP contribution is -2.47. The molecule has 0 saturated carbocycles. The summed E-state index contributed by atoms with van der Waals surface area (Å²) in [5.41, 5.74) is 0. The smallest absolute Gasteiger partial charge is 0.320 e. The molecule has 0 aliphatic carbocycles. The molecular weight excluding hydrogens is 220 g/mol. The fraction of sp³-hybridized carbons (Fsp3) is 0.917. The SMILES string of the molecule is CCOC(=O)CN(CC)CC1CN(C)CCO1. The average molecular weight is 244 g/mol. The van der Waals surface area contributed by atoms with Gasteiger partial charge in [0, 0.05) is 19.6 Å². The predicted molar refractivity (Wildman–Crippen MR) is 66.0 cm³/mol. The molecule has 1 unspecified atom stereocenters. The van der Waals surface area contributed by atoms with Crippen LogP contribution in [0.3, 0.4) is 0 Å². The van der Waals surface area contributed by atoms with Crippen molar-refractivity contribution in [2.45, 2.75) is 20.0 Å². The van der Waals surface area contributed by atoms with E-state index in [4.69, 9.17) is 9.47 Å². The van der Waals surface area contributed by atoms with E-state index in [1.807, 2.05) is 13.8 Å². The maximum atomic E-state index is 11.4. The Hall–Kier alpha value is -0.650. The van der Waals surface area contributed by atoms with Crippen molar-refractivity contribution in [1.82, 2.24) is 9.80 Å². The molecule has 1 heterocycles. The van der Waals surface area contributed by atoms with Gasteiger partial charge in [-0.1, -0.05) is 6.92 Å². The molecule has 1 fully saturated rings. The third-order valence-corrected chi connectivity index (χ3v) is 2.91. The number of rotatable bonds is 6. The van der Waals surface area contributed by atoms with Gasteiger partial charge in [-0.3, -0.25) is 9.69 Å². The minimum absolute atomic E-state index is 0.154. The van der Waals surface area contributed by atoms with E-state index in [0.29, 0.717) is 13.2 Å². The molecule has 5 nitrogen and oxygen atoms in total. The first-order valence-electron chi connectivity index (χ1n) is 6.33. The molecule has 100 valence electrons. The summed E-state index contributed by atoms with van der Waals surface area (Å²) in [6.45, 7) is 8.99. The van der Waals surface area contributed by atoms with Crippen LogP contribution in [0.15, 0.2) is 0 Å². The first-order valence-corrected chi connectivity index (χ1v) is 6.33. The van der Waals surface area contributed by atoms with Gasteiger partial charge < -0.3 is 14.4 Å². The average Bonchev–Trinajstić information content (AvgIpc) is 2.28. The fourth-order valence-electron chi connectivity index (χ4n) is 1.96. The van der Waals surface area contributed by atoms with E-state index in [1.54, 1.807) is 0 Å². The Kier molecular flexibility index (Phi) is 6.47. The Morgan fingerprint density at radius 1 is 1.53 bits per heavy atom. The van der Waals surface area contributed by atoms with Gasteiger partial charge in [-0.25, -0.2) is 0 Å². The molecule has 0 radical (unpaired) electrons. The highest BCUT2D eigenvalue weighted by Gasteiger charge is 2.21. The topological polar surface area (TPSA) is 42.0 Å². The normalized spacial score (nSPS) is 21.8. The minimum Gasteiger partial charge on any atom is -0.465 e. The molecule has 0 amide bonds. The van der Waals surface area contributed by atoms with Gasteiger partial charge in [0.25, 0.3) is 0 Å². The first kappa shape index (κ1) is 14.4. The molecule has 0 spiro atoms. The lowest BCUT2D eigenvalue weighted by atomic mass is 10.2. The fourth-order valence-corrected chi connectivity index (χ4v) is 1.96. The molecule has 0 aromatic carbocycles. The summed E-state index contributed by atoms with van der Waals surface area (Å²) < 4.78 is 10.6. The van der Waals surface area contributed by atoms with E-state index in [2.05, 4.69) is 16.8 Å². The summed E-state index contributed by atoms with van der Waals surface area (Å²) in [6, 6.07) is 0. The second-order valence-corrected chi connectivity index (χ2v) is 4.39. The zero-order valence-corrected chi connectivity index (χ0v) is 11.1. The standard InChI is InChI=1S/C12H24N2O3/c1-4-14(10-12(15)16-5-2)9-11-8-13(3)6-7-17-11/h11H,4-10H2,1-3H3. The Bertz CT molecular complexity index is 236. The van der Waals surface area contributed by atoms with E-state index >= 15 is 0 Å². The Morgan fingerprint density at radius 3 is 2.88 bits per heavy atom. The molecule has 0 N–H and O–H groups in total. The van der Waals surface area contributed by atoms with Crippen LogP contribution in [0.5, 0.6) is 0 Å². The number of likely N-dealkylation sites (N-methyl/N-ethyl adjacent to an activating group) is 2. The number of nitrogens with zero attached hydrogens (tertiary/aromatic N) is 2. The van der Waals surface area contributed by atoms with Gasteiger partial charge in [0.1, 0.15) is 0 Å². The predicted octanol–water partition coefficient (Wildman–Crippen LogP) is 0.202. The highest BCUT2D eigenvalue weighted by atomic mass is 16.5. The molecule has 1 atom stereocenters. The summed E-state index contributed by atoms with van der Waals surface area (Å²) in [6.07, 6.45) is 0.197. The van der Waals surface area contributed by atoms with Gasteiger partial charge in [-0.15, -0.1) is 0 Å². The van der Waals surface area contributed by atoms with Crippen molar-refractivity contribution in [3.8, 4) is 0 Å². The number of carbonyl (C=O) groups excluding carboxylic acids is 1. The number of hydrogen-bond donors (Lipinski definition) is 0. The lowest BCUT2D eigenvalue weighted by molar-refractivity contribution is -0.145. The number of hydrogen-bond acceptors (Lipinski definition) is 5. The van der Waals surface area contributed by atoms with Gasteiger partial charge >= 0.3 is 5.97 Å². The molecule has 0 bridgehead atoms. The van der Waals surface area contributed by atoms with Crippen molar-refractivity contribution < 1.29 is 14.3 Å². The second kappa shape index (κ2) is 7.63. The van der Waals surface area contributed by atoms with E-state index in [0.717, 1.165) is 32.8 Å². The largest absolute Gasteiger partial charge is 0.465 e. The van der Waals surface area contributed by atoms with E-state index in [1.165, 1.54) is 0 Å². The maximum Gasteiger partial charge on any atom is 0.320 e. The highest BCUT2D eigenvalue weighted by molar-refractivity contribution is 5.71. The van der Waals surface area contributed by atoms with Crippen molar-refractivity contribution in [1.29, 1.82) is 0 Å². The zero-order valence-electron chi connectivity index (χ0n) is 11.1. The number of carbonyl (C=O) groups is 1.